The van der Waals surface area contributed by atoms with E-state index in [0.29, 0.717) is 0 Å². The summed E-state index contributed by atoms with van der Waals surface area (Å²) in [7, 11) is 0. The smallest absolute Gasteiger partial charge is 0.147 e. The first-order valence-electron chi connectivity index (χ1n) is 10.0. The van der Waals surface area contributed by atoms with Crippen molar-refractivity contribution in [3.63, 3.8) is 0 Å². The number of benzene rings is 1. The van der Waals surface area contributed by atoms with Gasteiger partial charge in [0.25, 0.3) is 0 Å². The predicted octanol–water partition coefficient (Wildman–Crippen LogP) is 0.317. The van der Waals surface area contributed by atoms with E-state index >= 15 is 0 Å². The van der Waals surface area contributed by atoms with Crippen molar-refractivity contribution in [2.75, 3.05) is 49.9 Å². The number of thiocarbonyl (C=S) groups is 1. The summed E-state index contributed by atoms with van der Waals surface area (Å²) >= 11 is 9.14. The van der Waals surface area contributed by atoms with Crippen molar-refractivity contribution in [2.45, 2.75) is 23.1 Å². The Morgan fingerprint density at radius 2 is 1.93 bits per heavy atom. The third-order valence-corrected chi connectivity index (χ3v) is 7.80. The van der Waals surface area contributed by atoms with Crippen molar-refractivity contribution in [3.05, 3.63) is 42.6 Å². The maximum absolute atomic E-state index is 5.52. The number of nitrogens with one attached hydrogen (secondary N) is 1. The fourth-order valence-corrected chi connectivity index (χ4v) is 6.06. The fraction of sp³-hybridized carbons (Fsp3) is 0.429. The van der Waals surface area contributed by atoms with Crippen LogP contribution in [-0.4, -0.2) is 59.2 Å². The van der Waals surface area contributed by atoms with E-state index in [4.69, 9.17) is 12.2 Å². The Balaban J connectivity index is 0.00000240. The van der Waals surface area contributed by atoms with Crippen molar-refractivity contribution in [1.82, 2.24) is 9.88 Å². The van der Waals surface area contributed by atoms with E-state index in [0.717, 1.165) is 35.5 Å². The number of aromatic nitrogens is 1. The largest absolute Gasteiger partial charge is 1.00 e. The Morgan fingerprint density at radius 1 is 1.17 bits per heavy atom. The minimum Gasteiger partial charge on any atom is -1.00 e. The highest BCUT2D eigenvalue weighted by Gasteiger charge is 2.25. The Hall–Kier alpha value is -0.990. The van der Waals surface area contributed by atoms with Crippen LogP contribution in [0.15, 0.2) is 52.4 Å². The number of piperazine rings is 1. The highest BCUT2D eigenvalue weighted by Crippen LogP contribution is 2.46. The first kappa shape index (κ1) is 22.7. The zero-order chi connectivity index (χ0) is 19.3. The minimum absolute atomic E-state index is 0. The van der Waals surface area contributed by atoms with Crippen molar-refractivity contribution >= 4 is 51.6 Å². The highest BCUT2D eigenvalue weighted by atomic mass is 35.5. The van der Waals surface area contributed by atoms with Crippen LogP contribution in [0.4, 0.5) is 11.5 Å². The van der Waals surface area contributed by atoms with E-state index in [-0.39, 0.29) is 12.4 Å². The number of rotatable bonds is 5. The molecule has 156 valence electrons. The first-order chi connectivity index (χ1) is 13.8. The van der Waals surface area contributed by atoms with Gasteiger partial charge in [0.05, 0.1) is 43.3 Å². The topological polar surface area (TPSA) is 23.8 Å². The Morgan fingerprint density at radius 3 is 2.72 bits per heavy atom. The monoisotopic (exact) mass is 466 g/mol. The third-order valence-electron chi connectivity index (χ3n) is 5.29. The third kappa shape index (κ3) is 5.39. The molecule has 0 bridgehead atoms. The maximum atomic E-state index is 5.52. The van der Waals surface area contributed by atoms with Crippen LogP contribution in [0.5, 0.6) is 0 Å². The fourth-order valence-electron chi connectivity index (χ4n) is 3.85. The van der Waals surface area contributed by atoms with E-state index < -0.39 is 0 Å². The quantitative estimate of drug-likeness (QED) is 0.637. The van der Waals surface area contributed by atoms with Crippen LogP contribution in [-0.2, 0) is 0 Å². The molecule has 0 saturated carbocycles. The molecule has 0 spiro atoms. The molecule has 2 aromatic rings. The molecule has 0 atom stereocenters. The Kier molecular flexibility index (Phi) is 8.50. The number of para-hydroxylation sites is 1. The average Bonchev–Trinajstić information content (AvgIpc) is 2.74. The normalized spacial score (nSPS) is 16.0. The summed E-state index contributed by atoms with van der Waals surface area (Å²) in [6.45, 7) is 8.94. The summed E-state index contributed by atoms with van der Waals surface area (Å²) in [5.41, 5.74) is 1.29. The average molecular weight is 467 g/mol. The van der Waals surface area contributed by atoms with Gasteiger partial charge in [-0.2, -0.15) is 0 Å². The van der Waals surface area contributed by atoms with Crippen molar-refractivity contribution in [3.8, 4) is 0 Å². The zero-order valence-electron chi connectivity index (χ0n) is 16.6. The summed E-state index contributed by atoms with van der Waals surface area (Å²) in [4.78, 5) is 13.7. The molecule has 2 aliphatic rings. The van der Waals surface area contributed by atoms with Crippen LogP contribution in [0.1, 0.15) is 13.3 Å². The molecule has 29 heavy (non-hydrogen) atoms. The van der Waals surface area contributed by atoms with Gasteiger partial charge in [0.1, 0.15) is 10.1 Å². The molecule has 4 rings (SSSR count). The molecule has 1 aromatic carbocycles. The van der Waals surface area contributed by atoms with Crippen LogP contribution in [0.25, 0.3) is 0 Å². The van der Waals surface area contributed by atoms with Crippen LogP contribution in [0.2, 0.25) is 0 Å². The number of quaternary nitrogens is 1. The Labute approximate surface area is 193 Å². The van der Waals surface area contributed by atoms with Gasteiger partial charge in [-0.3, -0.25) is 0 Å². The molecule has 1 saturated heterocycles. The lowest BCUT2D eigenvalue weighted by molar-refractivity contribution is -0.903. The number of halogens is 1. The van der Waals surface area contributed by atoms with E-state index in [2.05, 4.69) is 52.0 Å². The molecule has 8 heteroatoms. The van der Waals surface area contributed by atoms with Gasteiger partial charge in [-0.1, -0.05) is 54.8 Å². The van der Waals surface area contributed by atoms with Crippen molar-refractivity contribution in [1.29, 1.82) is 0 Å². The van der Waals surface area contributed by atoms with Gasteiger partial charge in [-0.25, -0.2) is 4.98 Å². The summed E-state index contributed by atoms with van der Waals surface area (Å²) in [6, 6.07) is 12.9. The molecule has 4 nitrogen and oxygen atoms in total. The second-order valence-electron chi connectivity index (χ2n) is 7.09. The molecule has 0 amide bonds. The van der Waals surface area contributed by atoms with Gasteiger partial charge < -0.3 is 27.1 Å². The second kappa shape index (κ2) is 10.9. The van der Waals surface area contributed by atoms with E-state index in [1.165, 1.54) is 41.5 Å². The van der Waals surface area contributed by atoms with Crippen molar-refractivity contribution < 1.29 is 17.3 Å². The zero-order valence-corrected chi connectivity index (χ0v) is 19.8. The standard InChI is InChI=1S/C21H26N4S3.ClH/c1-2-27-21(26)24-15-13-23(14-16-24)11-6-12-25-17-7-3-4-8-18(17)28-19-9-5-10-22-20(19)25;/h3-5,7-10H,2,6,11-16H2,1H3;1H. The van der Waals surface area contributed by atoms with Gasteiger partial charge in [0.15, 0.2) is 0 Å². The van der Waals surface area contributed by atoms with Crippen LogP contribution in [0, 0.1) is 0 Å². The molecule has 3 heterocycles. The molecule has 0 radical (unpaired) electrons. The molecule has 2 aliphatic heterocycles. The van der Waals surface area contributed by atoms with Crippen molar-refractivity contribution in [2.24, 2.45) is 0 Å². The lowest BCUT2D eigenvalue weighted by Gasteiger charge is -2.34. The molecule has 1 aromatic heterocycles. The second-order valence-corrected chi connectivity index (χ2v) is 10.1. The number of anilines is 2. The van der Waals surface area contributed by atoms with Gasteiger partial charge in [0, 0.05) is 24.1 Å². The SMILES string of the molecule is CCSC(=S)N1CC[NH+](CCCN2c3ccccc3Sc3cccnc32)CC1.[Cl-]. The lowest BCUT2D eigenvalue weighted by atomic mass is 10.2. The van der Waals surface area contributed by atoms with E-state index in [9.17, 15) is 0 Å². The number of nitrogens with zero attached hydrogens (tertiary/aromatic N) is 3. The number of fused-ring (bicyclic) bond motifs is 2. The number of hydrogen-bond acceptors (Lipinski definition) is 5. The molecular formula is C21H27ClN4S3. The summed E-state index contributed by atoms with van der Waals surface area (Å²) in [5.74, 6) is 2.17. The summed E-state index contributed by atoms with van der Waals surface area (Å²) in [5, 5.41) is 0. The van der Waals surface area contributed by atoms with Crippen LogP contribution < -0.4 is 22.2 Å². The highest BCUT2D eigenvalue weighted by molar-refractivity contribution is 8.22. The molecule has 1 fully saturated rings. The lowest BCUT2D eigenvalue weighted by Crippen LogP contribution is -3.14. The van der Waals surface area contributed by atoms with Gasteiger partial charge >= 0.3 is 0 Å². The Bertz CT molecular complexity index is 782. The van der Waals surface area contributed by atoms with E-state index in [1.807, 2.05) is 24.0 Å². The van der Waals surface area contributed by atoms with E-state index in [1.54, 1.807) is 16.7 Å². The predicted molar refractivity (Wildman–Crippen MR) is 124 cm³/mol. The van der Waals surface area contributed by atoms with Gasteiger partial charge in [-0.15, -0.1) is 0 Å². The summed E-state index contributed by atoms with van der Waals surface area (Å²) < 4.78 is 1.08. The van der Waals surface area contributed by atoms with Gasteiger partial charge in [-0.05, 0) is 30.0 Å². The minimum atomic E-state index is 0. The number of hydrogen-bond donors (Lipinski definition) is 1. The van der Waals surface area contributed by atoms with Crippen LogP contribution in [0.3, 0.4) is 0 Å². The number of thioether (sulfide) groups is 1. The molecule has 1 N–H and O–H groups in total. The summed E-state index contributed by atoms with van der Waals surface area (Å²) in [6.07, 6.45) is 3.07. The maximum Gasteiger partial charge on any atom is 0.147 e. The molecular weight excluding hydrogens is 440 g/mol. The first-order valence-corrected chi connectivity index (χ1v) is 12.2. The molecule has 0 aliphatic carbocycles. The number of pyridine rings is 1. The molecule has 0 unspecified atom stereocenters. The van der Waals surface area contributed by atoms with Crippen LogP contribution >= 0.6 is 35.7 Å². The van der Waals surface area contributed by atoms with Gasteiger partial charge in [0.2, 0.25) is 0 Å².